The lowest BCUT2D eigenvalue weighted by Crippen LogP contribution is -2.09. The minimum atomic E-state index is -3.39. The standard InChI is InChI=1S/C16H25ClO3S/c1-12(2)15-6-5-14(4)11-16(15)20-9-7-13(3)8-10-21(17,18)19/h5-6,11-13H,7-10H2,1-4H3. The van der Waals surface area contributed by atoms with Crippen molar-refractivity contribution in [1.82, 2.24) is 0 Å². The van der Waals surface area contributed by atoms with Crippen LogP contribution in [0.15, 0.2) is 18.2 Å². The Morgan fingerprint density at radius 3 is 2.43 bits per heavy atom. The molecular formula is C16H25ClO3S. The average molecular weight is 333 g/mol. The highest BCUT2D eigenvalue weighted by atomic mass is 35.7. The summed E-state index contributed by atoms with van der Waals surface area (Å²) in [5.74, 6) is 1.64. The van der Waals surface area contributed by atoms with Crippen molar-refractivity contribution >= 4 is 19.7 Å². The summed E-state index contributed by atoms with van der Waals surface area (Å²) in [6.45, 7) is 8.94. The molecule has 0 N–H and O–H groups in total. The van der Waals surface area contributed by atoms with Gasteiger partial charge in [0.1, 0.15) is 5.75 Å². The van der Waals surface area contributed by atoms with Crippen LogP contribution in [0.25, 0.3) is 0 Å². The number of rotatable bonds is 8. The minimum Gasteiger partial charge on any atom is -0.493 e. The van der Waals surface area contributed by atoms with E-state index in [1.165, 1.54) is 11.1 Å². The molecule has 1 rings (SSSR count). The zero-order chi connectivity index (χ0) is 16.0. The van der Waals surface area contributed by atoms with Gasteiger partial charge < -0.3 is 4.74 Å². The van der Waals surface area contributed by atoms with E-state index in [1.807, 2.05) is 13.8 Å². The van der Waals surface area contributed by atoms with Crippen molar-refractivity contribution in [3.05, 3.63) is 29.3 Å². The SMILES string of the molecule is Cc1ccc(C(C)C)c(OCCC(C)CCS(=O)(=O)Cl)c1. The predicted octanol–water partition coefficient (Wildman–Crippen LogP) is 4.48. The van der Waals surface area contributed by atoms with E-state index in [0.29, 0.717) is 18.9 Å². The Bertz CT molecular complexity index is 553. The van der Waals surface area contributed by atoms with Crippen molar-refractivity contribution in [2.75, 3.05) is 12.4 Å². The molecule has 0 aliphatic carbocycles. The van der Waals surface area contributed by atoms with E-state index in [9.17, 15) is 8.42 Å². The Hall–Kier alpha value is -0.740. The zero-order valence-electron chi connectivity index (χ0n) is 13.2. The summed E-state index contributed by atoms with van der Waals surface area (Å²) in [4.78, 5) is 0. The maximum absolute atomic E-state index is 10.9. The van der Waals surface area contributed by atoms with E-state index >= 15 is 0 Å². The lowest BCUT2D eigenvalue weighted by atomic mass is 10.0. The van der Waals surface area contributed by atoms with E-state index in [2.05, 4.69) is 32.0 Å². The van der Waals surface area contributed by atoms with Gasteiger partial charge in [-0.25, -0.2) is 8.42 Å². The van der Waals surface area contributed by atoms with Crippen molar-refractivity contribution in [3.8, 4) is 5.75 Å². The van der Waals surface area contributed by atoms with Crippen LogP contribution in [-0.2, 0) is 9.05 Å². The van der Waals surface area contributed by atoms with E-state index in [1.54, 1.807) is 0 Å². The van der Waals surface area contributed by atoms with Crippen LogP contribution >= 0.6 is 10.7 Å². The molecule has 0 radical (unpaired) electrons. The predicted molar refractivity (Wildman–Crippen MR) is 88.8 cm³/mol. The molecule has 5 heteroatoms. The van der Waals surface area contributed by atoms with Gasteiger partial charge in [0.15, 0.2) is 0 Å². The summed E-state index contributed by atoms with van der Waals surface area (Å²) in [5.41, 5.74) is 2.38. The topological polar surface area (TPSA) is 43.4 Å². The fraction of sp³-hybridized carbons (Fsp3) is 0.625. The van der Waals surface area contributed by atoms with Crippen molar-refractivity contribution < 1.29 is 13.2 Å². The molecule has 120 valence electrons. The number of hydrogen-bond donors (Lipinski definition) is 0. The Morgan fingerprint density at radius 1 is 1.19 bits per heavy atom. The van der Waals surface area contributed by atoms with Gasteiger partial charge in [0.2, 0.25) is 9.05 Å². The summed E-state index contributed by atoms with van der Waals surface area (Å²) in [7, 11) is 1.83. The fourth-order valence-corrected chi connectivity index (χ4v) is 3.05. The Labute approximate surface area is 133 Å². The lowest BCUT2D eigenvalue weighted by Gasteiger charge is -2.16. The first-order valence-electron chi connectivity index (χ1n) is 7.34. The summed E-state index contributed by atoms with van der Waals surface area (Å²) in [5, 5.41) is 0. The second-order valence-electron chi connectivity index (χ2n) is 5.97. The van der Waals surface area contributed by atoms with Crippen LogP contribution in [-0.4, -0.2) is 20.8 Å². The molecule has 21 heavy (non-hydrogen) atoms. The van der Waals surface area contributed by atoms with E-state index in [0.717, 1.165) is 12.2 Å². The van der Waals surface area contributed by atoms with Crippen LogP contribution < -0.4 is 4.74 Å². The third-order valence-electron chi connectivity index (χ3n) is 3.51. The summed E-state index contributed by atoms with van der Waals surface area (Å²) in [6, 6.07) is 6.26. The molecule has 0 aliphatic heterocycles. The van der Waals surface area contributed by atoms with Crippen molar-refractivity contribution in [3.63, 3.8) is 0 Å². The fourth-order valence-electron chi connectivity index (χ4n) is 2.10. The Morgan fingerprint density at radius 2 is 1.86 bits per heavy atom. The first kappa shape index (κ1) is 18.3. The molecule has 0 bridgehead atoms. The van der Waals surface area contributed by atoms with Crippen LogP contribution in [0, 0.1) is 12.8 Å². The molecule has 0 spiro atoms. The van der Waals surface area contributed by atoms with Crippen LogP contribution in [0.2, 0.25) is 0 Å². The van der Waals surface area contributed by atoms with Gasteiger partial charge in [-0.3, -0.25) is 0 Å². The smallest absolute Gasteiger partial charge is 0.232 e. The highest BCUT2D eigenvalue weighted by Gasteiger charge is 2.11. The number of halogens is 1. The van der Waals surface area contributed by atoms with Gasteiger partial charge in [-0.1, -0.05) is 32.9 Å². The molecule has 3 nitrogen and oxygen atoms in total. The molecule has 1 aromatic rings. The lowest BCUT2D eigenvalue weighted by molar-refractivity contribution is 0.278. The van der Waals surface area contributed by atoms with E-state index in [4.69, 9.17) is 15.4 Å². The van der Waals surface area contributed by atoms with Crippen LogP contribution in [0.5, 0.6) is 5.75 Å². The van der Waals surface area contributed by atoms with Gasteiger partial charge in [-0.05, 0) is 48.8 Å². The molecule has 0 heterocycles. The highest BCUT2D eigenvalue weighted by molar-refractivity contribution is 8.13. The quantitative estimate of drug-likeness (QED) is 0.659. The first-order valence-corrected chi connectivity index (χ1v) is 9.82. The second-order valence-corrected chi connectivity index (χ2v) is 8.87. The Balaban J connectivity index is 2.50. The summed E-state index contributed by atoms with van der Waals surface area (Å²) >= 11 is 0. The third-order valence-corrected chi connectivity index (χ3v) is 4.70. The molecule has 1 unspecified atom stereocenters. The highest BCUT2D eigenvalue weighted by Crippen LogP contribution is 2.27. The molecule has 0 amide bonds. The van der Waals surface area contributed by atoms with Gasteiger partial charge in [0.25, 0.3) is 0 Å². The minimum absolute atomic E-state index is 0.0252. The normalized spacial score (nSPS) is 13.4. The molecule has 1 aromatic carbocycles. The number of benzene rings is 1. The summed E-state index contributed by atoms with van der Waals surface area (Å²) < 4.78 is 27.7. The number of aryl methyl sites for hydroxylation is 1. The molecule has 0 fully saturated rings. The van der Waals surface area contributed by atoms with E-state index in [-0.39, 0.29) is 11.7 Å². The van der Waals surface area contributed by atoms with Crippen LogP contribution in [0.3, 0.4) is 0 Å². The first-order chi connectivity index (χ1) is 9.69. The second kappa shape index (κ2) is 8.04. The average Bonchev–Trinajstić information content (AvgIpc) is 2.35. The monoisotopic (exact) mass is 332 g/mol. The van der Waals surface area contributed by atoms with Gasteiger partial charge in [-0.15, -0.1) is 0 Å². The van der Waals surface area contributed by atoms with Gasteiger partial charge >= 0.3 is 0 Å². The Kier molecular flexibility index (Phi) is 7.01. The number of ether oxygens (including phenoxy) is 1. The molecular weight excluding hydrogens is 308 g/mol. The summed E-state index contributed by atoms with van der Waals surface area (Å²) in [6.07, 6.45) is 1.39. The molecule has 0 aliphatic rings. The van der Waals surface area contributed by atoms with Gasteiger partial charge in [0, 0.05) is 10.7 Å². The number of hydrogen-bond acceptors (Lipinski definition) is 3. The third kappa shape index (κ3) is 7.18. The maximum Gasteiger partial charge on any atom is 0.232 e. The van der Waals surface area contributed by atoms with Gasteiger partial charge in [0.05, 0.1) is 12.4 Å². The van der Waals surface area contributed by atoms with Crippen molar-refractivity contribution in [2.24, 2.45) is 5.92 Å². The molecule has 1 atom stereocenters. The van der Waals surface area contributed by atoms with Crippen molar-refractivity contribution in [1.29, 1.82) is 0 Å². The van der Waals surface area contributed by atoms with Crippen molar-refractivity contribution in [2.45, 2.75) is 46.5 Å². The van der Waals surface area contributed by atoms with Gasteiger partial charge in [-0.2, -0.15) is 0 Å². The van der Waals surface area contributed by atoms with E-state index < -0.39 is 9.05 Å². The largest absolute Gasteiger partial charge is 0.493 e. The molecule has 0 aromatic heterocycles. The van der Waals surface area contributed by atoms with Crippen LogP contribution in [0.1, 0.15) is 50.7 Å². The maximum atomic E-state index is 10.9. The molecule has 0 saturated heterocycles. The molecule has 0 saturated carbocycles. The zero-order valence-corrected chi connectivity index (χ0v) is 14.8. The van der Waals surface area contributed by atoms with Crippen LogP contribution in [0.4, 0.5) is 0 Å².